The fourth-order valence-electron chi connectivity index (χ4n) is 3.35. The standard InChI is InChI=1S/C17H18N8O5S3.Na/c1-24-19-4-9(22-24)31-3-2-7-5-32-15-11(14(27)25(15)12(7)16(28)29)21-13(26)10(23-30)8-6-33-17(18)20-8;/h4,6,11,15,30H,2-3,5H2,1H3,(H2,18,20)(H,21,26)(H,28,29);/q;+1/p-1/b23-10-;/t11-,15-;/m1./s1. The Morgan fingerprint density at radius 3 is 2.82 bits per heavy atom. The molecule has 174 valence electrons. The first-order valence-electron chi connectivity index (χ1n) is 9.41. The number of hydrogen-bond donors (Lipinski definition) is 3. The predicted octanol–water partition coefficient (Wildman–Crippen LogP) is -4.38. The molecule has 4 N–H and O–H groups in total. The summed E-state index contributed by atoms with van der Waals surface area (Å²) in [7, 11) is 1.70. The van der Waals surface area contributed by atoms with Gasteiger partial charge in [-0.3, -0.25) is 14.5 Å². The molecule has 0 saturated carbocycles. The van der Waals surface area contributed by atoms with Crippen molar-refractivity contribution in [1.29, 1.82) is 0 Å². The Balaban J connectivity index is 0.00000324. The van der Waals surface area contributed by atoms with Crippen LogP contribution < -0.4 is 45.7 Å². The molecule has 2 atom stereocenters. The maximum Gasteiger partial charge on any atom is 1.00 e. The number of oxime groups is 1. The molecular weight excluding hydrogens is 515 g/mol. The number of anilines is 1. The van der Waals surface area contributed by atoms with E-state index in [2.05, 4.69) is 25.7 Å². The zero-order chi connectivity index (χ0) is 23.7. The molecule has 34 heavy (non-hydrogen) atoms. The van der Waals surface area contributed by atoms with Crippen molar-refractivity contribution in [2.45, 2.75) is 22.9 Å². The molecule has 4 heterocycles. The van der Waals surface area contributed by atoms with Crippen molar-refractivity contribution in [3.8, 4) is 0 Å². The largest absolute Gasteiger partial charge is 1.00 e. The SMILES string of the molecule is Cn1ncc(SCCC2=C(C(=O)[O-])N3C(=O)[C@@H](NC(=O)/C(=N\O)c4csc(N)n4)[C@H]3SC2)n1.[Na+]. The summed E-state index contributed by atoms with van der Waals surface area (Å²) in [5, 5.41) is 36.4. The Morgan fingerprint density at radius 2 is 2.24 bits per heavy atom. The van der Waals surface area contributed by atoms with Crippen molar-refractivity contribution in [1.82, 2.24) is 30.2 Å². The Hall–Kier alpha value is -2.11. The van der Waals surface area contributed by atoms with Crippen molar-refractivity contribution >= 4 is 63.5 Å². The number of nitrogen functional groups attached to an aromatic ring is 1. The van der Waals surface area contributed by atoms with Gasteiger partial charge in [-0.15, -0.1) is 40.0 Å². The molecule has 0 spiro atoms. The molecule has 2 aromatic heterocycles. The number of carbonyl (C=O) groups excluding carboxylic acids is 3. The van der Waals surface area contributed by atoms with Gasteiger partial charge in [-0.05, 0) is 12.0 Å². The number of thiazole rings is 1. The van der Waals surface area contributed by atoms with Crippen LogP contribution in [0, 0.1) is 0 Å². The van der Waals surface area contributed by atoms with Crippen molar-refractivity contribution in [2.75, 3.05) is 17.2 Å². The number of nitrogens with two attached hydrogens (primary N) is 1. The second kappa shape index (κ2) is 11.1. The van der Waals surface area contributed by atoms with Crippen LogP contribution in [0.2, 0.25) is 0 Å². The summed E-state index contributed by atoms with van der Waals surface area (Å²) < 4.78 is 0. The number of nitrogens with one attached hydrogen (secondary N) is 1. The molecule has 0 unspecified atom stereocenters. The Morgan fingerprint density at radius 1 is 1.47 bits per heavy atom. The van der Waals surface area contributed by atoms with E-state index in [1.807, 2.05) is 0 Å². The summed E-state index contributed by atoms with van der Waals surface area (Å²) in [6.45, 7) is 0. The van der Waals surface area contributed by atoms with Gasteiger partial charge in [0, 0.05) is 23.9 Å². The van der Waals surface area contributed by atoms with Crippen LogP contribution in [0.1, 0.15) is 12.1 Å². The van der Waals surface area contributed by atoms with Gasteiger partial charge in [0.25, 0.3) is 11.8 Å². The summed E-state index contributed by atoms with van der Waals surface area (Å²) in [4.78, 5) is 43.6. The number of carboxylic acids is 1. The minimum absolute atomic E-state index is 0. The van der Waals surface area contributed by atoms with E-state index in [0.717, 1.165) is 16.2 Å². The van der Waals surface area contributed by atoms with Gasteiger partial charge >= 0.3 is 29.6 Å². The summed E-state index contributed by atoms with van der Waals surface area (Å²) in [6.07, 6.45) is 2.03. The number of carboxylic acid groups (broad SMARTS) is 1. The van der Waals surface area contributed by atoms with Crippen LogP contribution in [-0.4, -0.2) is 76.5 Å². The molecular formula is C17H17N8NaO5S3. The minimum atomic E-state index is -1.45. The maximum absolute atomic E-state index is 12.8. The van der Waals surface area contributed by atoms with Crippen molar-refractivity contribution < 1.29 is 54.3 Å². The molecule has 4 rings (SSSR count). The number of aliphatic carboxylic acids is 1. The zero-order valence-electron chi connectivity index (χ0n) is 18.0. The fraction of sp³-hybridized carbons (Fsp3) is 0.353. The van der Waals surface area contributed by atoms with Gasteiger partial charge in [-0.25, -0.2) is 4.98 Å². The predicted molar refractivity (Wildman–Crippen MR) is 118 cm³/mol. The van der Waals surface area contributed by atoms with Gasteiger partial charge in [0.05, 0.1) is 17.9 Å². The first-order chi connectivity index (χ1) is 15.8. The van der Waals surface area contributed by atoms with Crippen LogP contribution in [0.15, 0.2) is 33.0 Å². The molecule has 0 aromatic carbocycles. The number of rotatable bonds is 8. The van der Waals surface area contributed by atoms with Crippen LogP contribution in [0.5, 0.6) is 0 Å². The number of carbonyl (C=O) groups is 3. The number of β-lactam (4-membered cyclic amide) rings is 1. The average molecular weight is 533 g/mol. The monoisotopic (exact) mass is 532 g/mol. The molecule has 13 nitrogen and oxygen atoms in total. The summed E-state index contributed by atoms with van der Waals surface area (Å²) in [6, 6.07) is -0.986. The van der Waals surface area contributed by atoms with Crippen LogP contribution in [0.4, 0.5) is 5.13 Å². The van der Waals surface area contributed by atoms with Crippen molar-refractivity contribution in [2.24, 2.45) is 12.2 Å². The van der Waals surface area contributed by atoms with Crippen LogP contribution in [-0.2, 0) is 21.4 Å². The smallest absolute Gasteiger partial charge is 0.543 e. The fourth-order valence-corrected chi connectivity index (χ4v) is 6.15. The Kier molecular flexibility index (Phi) is 8.64. The Labute approximate surface area is 227 Å². The summed E-state index contributed by atoms with van der Waals surface area (Å²) in [5.74, 6) is -1.96. The van der Waals surface area contributed by atoms with E-state index in [-0.39, 0.29) is 46.1 Å². The first-order valence-corrected chi connectivity index (χ1v) is 12.3. The van der Waals surface area contributed by atoms with Crippen LogP contribution in [0.25, 0.3) is 0 Å². The first kappa shape index (κ1) is 26.5. The van der Waals surface area contributed by atoms with Crippen molar-refractivity contribution in [3.63, 3.8) is 0 Å². The molecule has 1 saturated heterocycles. The quantitative estimate of drug-likeness (QED) is 0.0743. The van der Waals surface area contributed by atoms with E-state index in [1.165, 1.54) is 33.7 Å². The molecule has 2 aliphatic heterocycles. The number of hydrogen-bond acceptors (Lipinski definition) is 13. The third-order valence-electron chi connectivity index (χ3n) is 4.84. The van der Waals surface area contributed by atoms with Crippen LogP contribution >= 0.6 is 34.9 Å². The Bertz CT molecular complexity index is 1180. The molecule has 2 amide bonds. The van der Waals surface area contributed by atoms with E-state index >= 15 is 0 Å². The number of nitrogens with zero attached hydrogens (tertiary/aromatic N) is 6. The number of thioether (sulfide) groups is 2. The topological polar surface area (TPSA) is 192 Å². The maximum atomic E-state index is 12.8. The van der Waals surface area contributed by atoms with E-state index in [4.69, 9.17) is 5.73 Å². The molecule has 2 aliphatic rings. The van der Waals surface area contributed by atoms with Crippen LogP contribution in [0.3, 0.4) is 0 Å². The van der Waals surface area contributed by atoms with E-state index in [1.54, 1.807) is 13.2 Å². The molecule has 17 heteroatoms. The second-order valence-electron chi connectivity index (χ2n) is 6.89. The molecule has 0 aliphatic carbocycles. The number of aryl methyl sites for hydroxylation is 1. The average Bonchev–Trinajstić information content (AvgIpc) is 3.39. The minimum Gasteiger partial charge on any atom is -0.543 e. The van der Waals surface area contributed by atoms with Gasteiger partial charge in [0.15, 0.2) is 10.8 Å². The molecule has 1 fully saturated rings. The third-order valence-corrected chi connectivity index (χ3v) is 7.74. The molecule has 0 radical (unpaired) electrons. The second-order valence-corrected chi connectivity index (χ2v) is 10.0. The number of fused-ring (bicyclic) bond motifs is 1. The number of aromatic nitrogens is 4. The van der Waals surface area contributed by atoms with Gasteiger partial charge in [0.2, 0.25) is 0 Å². The molecule has 0 bridgehead atoms. The van der Waals surface area contributed by atoms with E-state index in [9.17, 15) is 24.7 Å². The third kappa shape index (κ3) is 5.26. The van der Waals surface area contributed by atoms with E-state index < -0.39 is 34.9 Å². The van der Waals surface area contributed by atoms with Crippen molar-refractivity contribution in [3.05, 3.63) is 28.5 Å². The van der Waals surface area contributed by atoms with E-state index in [0.29, 0.717) is 28.5 Å². The van der Waals surface area contributed by atoms with Gasteiger partial charge < -0.3 is 26.2 Å². The summed E-state index contributed by atoms with van der Waals surface area (Å²) >= 11 is 3.81. The van der Waals surface area contributed by atoms with Gasteiger partial charge in [0.1, 0.15) is 22.1 Å². The van der Waals surface area contributed by atoms with Gasteiger partial charge in [-0.1, -0.05) is 5.16 Å². The zero-order valence-corrected chi connectivity index (χ0v) is 22.4. The summed E-state index contributed by atoms with van der Waals surface area (Å²) in [5.41, 5.74) is 5.61. The molecule has 2 aromatic rings. The number of amides is 2. The van der Waals surface area contributed by atoms with Gasteiger partial charge in [-0.2, -0.15) is 9.90 Å². The normalized spacial score (nSPS) is 19.9.